The number of allylic oxidation sites excluding steroid dienone is 1. The zero-order valence-electron chi connectivity index (χ0n) is 11.6. The van der Waals surface area contributed by atoms with Gasteiger partial charge in [0.2, 0.25) is 0 Å². The van der Waals surface area contributed by atoms with Gasteiger partial charge in [-0.2, -0.15) is 0 Å². The molecule has 0 bridgehead atoms. The molecule has 0 spiro atoms. The average Bonchev–Trinajstić information content (AvgIpc) is 2.49. The van der Waals surface area contributed by atoms with E-state index in [4.69, 9.17) is 4.74 Å². The van der Waals surface area contributed by atoms with Crippen molar-refractivity contribution in [2.24, 2.45) is 0 Å². The van der Waals surface area contributed by atoms with Crippen LogP contribution in [0.4, 0.5) is 5.69 Å². The molecule has 0 unspecified atom stereocenters. The number of aryl methyl sites for hydroxylation is 1. The second-order valence-electron chi connectivity index (χ2n) is 4.44. The molecule has 0 aliphatic rings. The lowest BCUT2D eigenvalue weighted by Crippen LogP contribution is -1.97. The van der Waals surface area contributed by atoms with E-state index in [0.717, 1.165) is 5.69 Å². The van der Waals surface area contributed by atoms with Gasteiger partial charge in [-0.1, -0.05) is 29.8 Å². The first-order valence-corrected chi connectivity index (χ1v) is 6.37. The molecule has 3 heteroatoms. The molecule has 0 amide bonds. The molecule has 0 heterocycles. The van der Waals surface area contributed by atoms with E-state index in [1.54, 1.807) is 31.5 Å². The topological polar surface area (TPSA) is 38.3 Å². The summed E-state index contributed by atoms with van der Waals surface area (Å²) in [6.07, 6.45) is 3.15. The summed E-state index contributed by atoms with van der Waals surface area (Å²) in [6, 6.07) is 15.1. The van der Waals surface area contributed by atoms with E-state index in [1.165, 1.54) is 11.6 Å². The van der Waals surface area contributed by atoms with Gasteiger partial charge < -0.3 is 10.1 Å². The molecule has 0 aromatic heterocycles. The molecule has 1 N–H and O–H groups in total. The highest BCUT2D eigenvalue weighted by Gasteiger charge is 2.02. The maximum absolute atomic E-state index is 12.0. The van der Waals surface area contributed by atoms with Gasteiger partial charge in [-0.3, -0.25) is 4.79 Å². The minimum atomic E-state index is -0.0662. The normalized spacial score (nSPS) is 10.5. The van der Waals surface area contributed by atoms with E-state index >= 15 is 0 Å². The first-order valence-electron chi connectivity index (χ1n) is 6.37. The molecule has 0 saturated heterocycles. The fourth-order valence-electron chi connectivity index (χ4n) is 1.74. The number of hydrogen-bond donors (Lipinski definition) is 1. The van der Waals surface area contributed by atoms with Crippen molar-refractivity contribution < 1.29 is 9.53 Å². The zero-order valence-corrected chi connectivity index (χ0v) is 11.6. The van der Waals surface area contributed by atoms with Gasteiger partial charge in [-0.05, 0) is 31.2 Å². The van der Waals surface area contributed by atoms with E-state index in [1.807, 2.05) is 37.3 Å². The summed E-state index contributed by atoms with van der Waals surface area (Å²) in [5.41, 5.74) is 2.75. The number of carbonyl (C=O) groups excluding carboxylic acids is 1. The monoisotopic (exact) mass is 267 g/mol. The van der Waals surface area contributed by atoms with Crippen LogP contribution in [0.5, 0.6) is 5.75 Å². The van der Waals surface area contributed by atoms with Gasteiger partial charge in [0.05, 0.1) is 7.11 Å². The quantitative estimate of drug-likeness (QED) is 0.661. The molecule has 20 heavy (non-hydrogen) atoms. The van der Waals surface area contributed by atoms with Crippen LogP contribution >= 0.6 is 0 Å². The smallest absolute Gasteiger partial charge is 0.187 e. The number of anilines is 1. The number of methoxy groups -OCH3 is 1. The van der Waals surface area contributed by atoms with E-state index in [0.29, 0.717) is 11.3 Å². The molecule has 0 fully saturated rings. The summed E-state index contributed by atoms with van der Waals surface area (Å²) in [5, 5.41) is 3.07. The van der Waals surface area contributed by atoms with E-state index in [9.17, 15) is 4.79 Å². The van der Waals surface area contributed by atoms with Crippen molar-refractivity contribution in [3.63, 3.8) is 0 Å². The third-order valence-electron chi connectivity index (χ3n) is 2.89. The van der Waals surface area contributed by atoms with Crippen molar-refractivity contribution >= 4 is 11.5 Å². The van der Waals surface area contributed by atoms with Crippen molar-refractivity contribution in [2.75, 3.05) is 12.4 Å². The van der Waals surface area contributed by atoms with Gasteiger partial charge in [0, 0.05) is 23.5 Å². The molecule has 0 atom stereocenters. The summed E-state index contributed by atoms with van der Waals surface area (Å²) in [5.74, 6) is 0.610. The summed E-state index contributed by atoms with van der Waals surface area (Å²) >= 11 is 0. The third kappa shape index (κ3) is 3.72. The van der Waals surface area contributed by atoms with Gasteiger partial charge in [0.1, 0.15) is 5.75 Å². The summed E-state index contributed by atoms with van der Waals surface area (Å²) in [7, 11) is 1.58. The summed E-state index contributed by atoms with van der Waals surface area (Å²) in [4.78, 5) is 12.0. The largest absolute Gasteiger partial charge is 0.497 e. The Bertz CT molecular complexity index is 615. The summed E-state index contributed by atoms with van der Waals surface area (Å²) in [6.45, 7) is 2.03. The Morgan fingerprint density at radius 1 is 1.15 bits per heavy atom. The molecule has 2 rings (SSSR count). The van der Waals surface area contributed by atoms with E-state index in [-0.39, 0.29) is 5.78 Å². The SMILES string of the molecule is COc1cccc(C(=O)C=CNc2ccc(C)cc2)c1. The fourth-order valence-corrected chi connectivity index (χ4v) is 1.74. The van der Waals surface area contributed by atoms with Crippen LogP contribution in [-0.2, 0) is 0 Å². The highest BCUT2D eigenvalue weighted by atomic mass is 16.5. The molecular formula is C17H17NO2. The van der Waals surface area contributed by atoms with Crippen LogP contribution in [-0.4, -0.2) is 12.9 Å². The lowest BCUT2D eigenvalue weighted by atomic mass is 10.1. The predicted molar refractivity (Wildman–Crippen MR) is 81.3 cm³/mol. The molecule has 2 aromatic carbocycles. The van der Waals surface area contributed by atoms with Crippen LogP contribution in [0.2, 0.25) is 0 Å². The number of ether oxygens (including phenoxy) is 1. The van der Waals surface area contributed by atoms with Crippen molar-refractivity contribution in [1.82, 2.24) is 0 Å². The van der Waals surface area contributed by atoms with Crippen molar-refractivity contribution in [2.45, 2.75) is 6.92 Å². The third-order valence-corrected chi connectivity index (χ3v) is 2.89. The highest BCUT2D eigenvalue weighted by molar-refractivity contribution is 6.04. The minimum Gasteiger partial charge on any atom is -0.497 e. The van der Waals surface area contributed by atoms with Crippen LogP contribution in [0.1, 0.15) is 15.9 Å². The van der Waals surface area contributed by atoms with Gasteiger partial charge in [0.15, 0.2) is 5.78 Å². The Balaban J connectivity index is 2.00. The van der Waals surface area contributed by atoms with Gasteiger partial charge in [-0.25, -0.2) is 0 Å². The average molecular weight is 267 g/mol. The lowest BCUT2D eigenvalue weighted by Gasteiger charge is -2.02. The molecule has 3 nitrogen and oxygen atoms in total. The Hall–Kier alpha value is -2.55. The predicted octanol–water partition coefficient (Wildman–Crippen LogP) is 3.81. The second kappa shape index (κ2) is 6.57. The van der Waals surface area contributed by atoms with Crippen LogP contribution in [0, 0.1) is 6.92 Å². The maximum Gasteiger partial charge on any atom is 0.187 e. The first-order chi connectivity index (χ1) is 9.69. The molecule has 0 saturated carbocycles. The Kier molecular flexibility index (Phi) is 4.56. The zero-order chi connectivity index (χ0) is 14.4. The van der Waals surface area contributed by atoms with Crippen molar-refractivity contribution in [3.8, 4) is 5.75 Å². The Morgan fingerprint density at radius 2 is 1.90 bits per heavy atom. The lowest BCUT2D eigenvalue weighted by molar-refractivity contribution is 0.104. The van der Waals surface area contributed by atoms with Gasteiger partial charge in [-0.15, -0.1) is 0 Å². The Morgan fingerprint density at radius 3 is 2.60 bits per heavy atom. The maximum atomic E-state index is 12.0. The van der Waals surface area contributed by atoms with Crippen LogP contribution in [0.25, 0.3) is 0 Å². The molecular weight excluding hydrogens is 250 g/mol. The molecule has 0 aliphatic carbocycles. The van der Waals surface area contributed by atoms with Crippen LogP contribution < -0.4 is 10.1 Å². The number of hydrogen-bond acceptors (Lipinski definition) is 3. The standard InChI is InChI=1S/C17H17NO2/c1-13-6-8-15(9-7-13)18-11-10-17(19)14-4-3-5-16(12-14)20-2/h3-12,18H,1-2H3. The van der Waals surface area contributed by atoms with Crippen molar-refractivity contribution in [1.29, 1.82) is 0 Å². The van der Waals surface area contributed by atoms with E-state index in [2.05, 4.69) is 5.32 Å². The van der Waals surface area contributed by atoms with Gasteiger partial charge in [0.25, 0.3) is 0 Å². The number of rotatable bonds is 5. The summed E-state index contributed by atoms with van der Waals surface area (Å²) < 4.78 is 5.10. The van der Waals surface area contributed by atoms with Crippen LogP contribution in [0.15, 0.2) is 60.8 Å². The minimum absolute atomic E-state index is 0.0662. The molecule has 0 aliphatic heterocycles. The molecule has 102 valence electrons. The van der Waals surface area contributed by atoms with Crippen molar-refractivity contribution in [3.05, 3.63) is 71.9 Å². The highest BCUT2D eigenvalue weighted by Crippen LogP contribution is 2.13. The van der Waals surface area contributed by atoms with Gasteiger partial charge >= 0.3 is 0 Å². The first kappa shape index (κ1) is 13.9. The number of ketones is 1. The molecule has 2 aromatic rings. The fraction of sp³-hybridized carbons (Fsp3) is 0.118. The number of carbonyl (C=O) groups is 1. The second-order valence-corrected chi connectivity index (χ2v) is 4.44. The number of benzene rings is 2. The molecule has 0 radical (unpaired) electrons. The van der Waals surface area contributed by atoms with Crippen LogP contribution in [0.3, 0.4) is 0 Å². The van der Waals surface area contributed by atoms with E-state index < -0.39 is 0 Å². The number of nitrogens with one attached hydrogen (secondary N) is 1. The Labute approximate surface area is 118 Å².